The van der Waals surface area contributed by atoms with E-state index in [1.54, 1.807) is 19.2 Å². The van der Waals surface area contributed by atoms with Gasteiger partial charge in [0.2, 0.25) is 0 Å². The second-order valence-corrected chi connectivity index (χ2v) is 5.74. The van der Waals surface area contributed by atoms with E-state index in [0.717, 1.165) is 18.4 Å². The fraction of sp³-hybridized carbons (Fsp3) is 0.538. The SMILES string of the molecule is COC1CC(NCc2ccc(SC(F)(F)F)cc2)C1. The molecule has 1 aliphatic carbocycles. The first-order chi connectivity index (χ1) is 8.96. The standard InChI is InChI=1S/C13H16F3NOS/c1-18-11-6-10(7-11)17-8-9-2-4-12(5-3-9)19-13(14,15)16/h2-5,10-11,17H,6-8H2,1H3. The Morgan fingerprint density at radius 1 is 1.26 bits per heavy atom. The molecule has 0 saturated heterocycles. The van der Waals surface area contributed by atoms with Gasteiger partial charge >= 0.3 is 5.51 Å². The fourth-order valence-corrected chi connectivity index (χ4v) is 2.54. The monoisotopic (exact) mass is 291 g/mol. The van der Waals surface area contributed by atoms with Crippen molar-refractivity contribution in [2.75, 3.05) is 7.11 Å². The van der Waals surface area contributed by atoms with E-state index in [9.17, 15) is 13.2 Å². The second-order valence-electron chi connectivity index (χ2n) is 4.60. The predicted molar refractivity (Wildman–Crippen MR) is 69.0 cm³/mol. The average molecular weight is 291 g/mol. The highest BCUT2D eigenvalue weighted by Gasteiger charge is 2.29. The third-order valence-corrected chi connectivity index (χ3v) is 3.92. The van der Waals surface area contributed by atoms with Crippen molar-refractivity contribution < 1.29 is 17.9 Å². The molecule has 19 heavy (non-hydrogen) atoms. The maximum Gasteiger partial charge on any atom is 0.446 e. The number of rotatable bonds is 5. The number of halogens is 3. The van der Waals surface area contributed by atoms with Gasteiger partial charge in [0, 0.05) is 24.6 Å². The molecule has 0 spiro atoms. The zero-order valence-electron chi connectivity index (χ0n) is 10.5. The van der Waals surface area contributed by atoms with Gasteiger partial charge in [0.05, 0.1) is 6.10 Å². The molecular weight excluding hydrogens is 275 g/mol. The molecule has 0 bridgehead atoms. The molecule has 0 aromatic heterocycles. The minimum absolute atomic E-state index is 0.0842. The summed E-state index contributed by atoms with van der Waals surface area (Å²) in [5, 5.41) is 3.36. The van der Waals surface area contributed by atoms with Crippen LogP contribution in [0.3, 0.4) is 0 Å². The van der Waals surface area contributed by atoms with E-state index >= 15 is 0 Å². The molecule has 0 atom stereocenters. The van der Waals surface area contributed by atoms with Crippen LogP contribution >= 0.6 is 11.8 Å². The molecule has 2 nitrogen and oxygen atoms in total. The van der Waals surface area contributed by atoms with Gasteiger partial charge in [-0.3, -0.25) is 0 Å². The molecule has 1 N–H and O–H groups in total. The third kappa shape index (κ3) is 4.71. The van der Waals surface area contributed by atoms with Crippen molar-refractivity contribution >= 4 is 11.8 Å². The molecule has 2 rings (SSSR count). The number of ether oxygens (including phenoxy) is 1. The lowest BCUT2D eigenvalue weighted by Gasteiger charge is -2.34. The van der Waals surface area contributed by atoms with Crippen molar-refractivity contribution in [2.24, 2.45) is 0 Å². The predicted octanol–water partition coefficient (Wildman–Crippen LogP) is 3.57. The molecule has 0 unspecified atom stereocenters. The Morgan fingerprint density at radius 2 is 1.89 bits per heavy atom. The highest BCUT2D eigenvalue weighted by Crippen LogP contribution is 2.36. The Morgan fingerprint density at radius 3 is 2.42 bits per heavy atom. The number of alkyl halides is 3. The normalized spacial score (nSPS) is 23.2. The Balaban J connectivity index is 1.76. The van der Waals surface area contributed by atoms with Gasteiger partial charge in [-0.05, 0) is 42.3 Å². The minimum Gasteiger partial charge on any atom is -0.381 e. The number of thioether (sulfide) groups is 1. The lowest BCUT2D eigenvalue weighted by atomic mass is 9.89. The number of methoxy groups -OCH3 is 1. The molecule has 106 valence electrons. The van der Waals surface area contributed by atoms with E-state index in [2.05, 4.69) is 5.32 Å². The molecule has 6 heteroatoms. The van der Waals surface area contributed by atoms with Crippen LogP contribution in [0.4, 0.5) is 13.2 Å². The largest absolute Gasteiger partial charge is 0.446 e. The lowest BCUT2D eigenvalue weighted by molar-refractivity contribution is -0.0328. The molecule has 0 heterocycles. The van der Waals surface area contributed by atoms with Gasteiger partial charge in [0.25, 0.3) is 0 Å². The van der Waals surface area contributed by atoms with E-state index in [0.29, 0.717) is 18.7 Å². The molecule has 1 aliphatic rings. The van der Waals surface area contributed by atoms with Crippen molar-refractivity contribution in [3.8, 4) is 0 Å². The summed E-state index contributed by atoms with van der Waals surface area (Å²) in [6.07, 6.45) is 2.35. The fourth-order valence-electron chi connectivity index (χ4n) is 2.00. The topological polar surface area (TPSA) is 21.3 Å². The molecule has 1 aromatic rings. The molecule has 1 saturated carbocycles. The van der Waals surface area contributed by atoms with Gasteiger partial charge in [-0.2, -0.15) is 13.2 Å². The number of nitrogens with one attached hydrogen (secondary N) is 1. The van der Waals surface area contributed by atoms with Gasteiger partial charge in [0.1, 0.15) is 0 Å². The van der Waals surface area contributed by atoms with Crippen LogP contribution in [-0.2, 0) is 11.3 Å². The van der Waals surface area contributed by atoms with Crippen LogP contribution in [-0.4, -0.2) is 24.8 Å². The number of hydrogen-bond donors (Lipinski definition) is 1. The third-order valence-electron chi connectivity index (χ3n) is 3.18. The highest BCUT2D eigenvalue weighted by molar-refractivity contribution is 8.00. The molecular formula is C13H16F3NOS. The van der Waals surface area contributed by atoms with Crippen molar-refractivity contribution in [3.05, 3.63) is 29.8 Å². The van der Waals surface area contributed by atoms with E-state index in [4.69, 9.17) is 4.74 Å². The first-order valence-corrected chi connectivity index (χ1v) is 6.89. The molecule has 0 aliphatic heterocycles. The Kier molecular flexibility index (Phi) is 4.76. The van der Waals surface area contributed by atoms with Crippen LogP contribution in [0, 0.1) is 0 Å². The average Bonchev–Trinajstić information content (AvgIpc) is 2.27. The van der Waals surface area contributed by atoms with Crippen LogP contribution in [0.15, 0.2) is 29.2 Å². The van der Waals surface area contributed by atoms with Crippen molar-refractivity contribution in [1.29, 1.82) is 0 Å². The number of hydrogen-bond acceptors (Lipinski definition) is 3. The van der Waals surface area contributed by atoms with E-state index in [1.165, 1.54) is 12.1 Å². The Bertz CT molecular complexity index is 401. The molecule has 0 amide bonds. The van der Waals surface area contributed by atoms with Crippen molar-refractivity contribution in [2.45, 2.75) is 41.9 Å². The summed E-state index contributed by atoms with van der Waals surface area (Å²) in [4.78, 5) is 0.222. The molecule has 1 fully saturated rings. The Labute approximate surface area is 114 Å². The maximum absolute atomic E-state index is 12.2. The smallest absolute Gasteiger partial charge is 0.381 e. The van der Waals surface area contributed by atoms with Crippen LogP contribution in [0.25, 0.3) is 0 Å². The highest BCUT2D eigenvalue weighted by atomic mass is 32.2. The maximum atomic E-state index is 12.2. The van der Waals surface area contributed by atoms with E-state index in [1.807, 2.05) is 0 Å². The van der Waals surface area contributed by atoms with Crippen molar-refractivity contribution in [1.82, 2.24) is 5.32 Å². The zero-order valence-corrected chi connectivity index (χ0v) is 11.4. The Hall–Kier alpha value is -0.720. The summed E-state index contributed by atoms with van der Waals surface area (Å²) in [5.41, 5.74) is -3.23. The van der Waals surface area contributed by atoms with Gasteiger partial charge in [-0.25, -0.2) is 0 Å². The van der Waals surface area contributed by atoms with Gasteiger partial charge in [-0.1, -0.05) is 12.1 Å². The lowest BCUT2D eigenvalue weighted by Crippen LogP contribution is -2.44. The summed E-state index contributed by atoms with van der Waals surface area (Å²) < 4.78 is 41.7. The molecule has 0 radical (unpaired) electrons. The van der Waals surface area contributed by atoms with Gasteiger partial charge in [0.15, 0.2) is 0 Å². The summed E-state index contributed by atoms with van der Waals surface area (Å²) in [5.74, 6) is 0. The second kappa shape index (κ2) is 6.15. The summed E-state index contributed by atoms with van der Waals surface area (Å²) in [6.45, 7) is 0.679. The minimum atomic E-state index is -4.22. The van der Waals surface area contributed by atoms with Gasteiger partial charge < -0.3 is 10.1 Å². The van der Waals surface area contributed by atoms with Crippen LogP contribution < -0.4 is 5.32 Å². The summed E-state index contributed by atoms with van der Waals surface area (Å²) >= 11 is -0.0842. The quantitative estimate of drug-likeness (QED) is 0.838. The molecule has 1 aromatic carbocycles. The first kappa shape index (κ1) is 14.7. The van der Waals surface area contributed by atoms with E-state index in [-0.39, 0.29) is 16.7 Å². The van der Waals surface area contributed by atoms with Crippen molar-refractivity contribution in [3.63, 3.8) is 0 Å². The summed E-state index contributed by atoms with van der Waals surface area (Å²) in [6, 6.07) is 6.93. The first-order valence-electron chi connectivity index (χ1n) is 6.07. The zero-order chi connectivity index (χ0) is 13.9. The van der Waals surface area contributed by atoms with Crippen LogP contribution in [0.2, 0.25) is 0 Å². The van der Waals surface area contributed by atoms with Crippen LogP contribution in [0.1, 0.15) is 18.4 Å². The van der Waals surface area contributed by atoms with E-state index < -0.39 is 5.51 Å². The summed E-state index contributed by atoms with van der Waals surface area (Å²) in [7, 11) is 1.71. The number of benzene rings is 1. The van der Waals surface area contributed by atoms with Crippen LogP contribution in [0.5, 0.6) is 0 Å². The van der Waals surface area contributed by atoms with Gasteiger partial charge in [-0.15, -0.1) is 0 Å².